The van der Waals surface area contributed by atoms with Crippen molar-refractivity contribution >= 4 is 17.3 Å². The van der Waals surface area contributed by atoms with E-state index in [2.05, 4.69) is 0 Å². The molecule has 0 aliphatic carbocycles. The van der Waals surface area contributed by atoms with Crippen molar-refractivity contribution in [3.63, 3.8) is 0 Å². The van der Waals surface area contributed by atoms with Gasteiger partial charge in [-0.1, -0.05) is 6.07 Å². The van der Waals surface area contributed by atoms with Gasteiger partial charge >= 0.3 is 0 Å². The van der Waals surface area contributed by atoms with Crippen molar-refractivity contribution in [1.82, 2.24) is 0 Å². The van der Waals surface area contributed by atoms with Gasteiger partial charge < -0.3 is 4.90 Å². The van der Waals surface area contributed by atoms with Crippen LogP contribution in [-0.4, -0.2) is 13.1 Å². The minimum atomic E-state index is 0.0719. The minimum Gasteiger partial charge on any atom is -0.344 e. The molecule has 0 saturated heterocycles. The van der Waals surface area contributed by atoms with Gasteiger partial charge in [0.15, 0.2) is 0 Å². The van der Waals surface area contributed by atoms with Gasteiger partial charge in [-0.25, -0.2) is 0 Å². The molecule has 0 bridgehead atoms. The first kappa shape index (κ1) is 12.8. The van der Waals surface area contributed by atoms with Crippen molar-refractivity contribution < 1.29 is 0 Å². The zero-order chi connectivity index (χ0) is 12.7. The van der Waals surface area contributed by atoms with Crippen LogP contribution in [0.5, 0.6) is 0 Å². The molecule has 17 heavy (non-hydrogen) atoms. The van der Waals surface area contributed by atoms with Gasteiger partial charge in [0.25, 0.3) is 0 Å². The van der Waals surface area contributed by atoms with E-state index in [-0.39, 0.29) is 13.1 Å². The number of rotatable bonds is 4. The first-order chi connectivity index (χ1) is 8.26. The van der Waals surface area contributed by atoms with Crippen molar-refractivity contribution in [2.45, 2.75) is 5.88 Å². The Bertz CT molecular complexity index is 503. The van der Waals surface area contributed by atoms with Gasteiger partial charge in [0, 0.05) is 5.88 Å². The maximum Gasteiger partial charge on any atom is 0.107 e. The molecule has 0 unspecified atom stereocenters. The molecular formula is C12H9ClN4. The molecule has 84 valence electrons. The normalized spacial score (nSPS) is 8.82. The first-order valence-corrected chi connectivity index (χ1v) is 5.38. The lowest BCUT2D eigenvalue weighted by molar-refractivity contribution is 0.962. The zero-order valence-corrected chi connectivity index (χ0v) is 9.78. The summed E-state index contributed by atoms with van der Waals surface area (Å²) >= 11 is 5.68. The fourth-order valence-electron chi connectivity index (χ4n) is 1.43. The number of hydrogen-bond acceptors (Lipinski definition) is 4. The molecule has 0 fully saturated rings. The Balaban J connectivity index is 3.16. The number of nitriles is 3. The summed E-state index contributed by atoms with van der Waals surface area (Å²) < 4.78 is 0. The average Bonchev–Trinajstić information content (AvgIpc) is 2.37. The van der Waals surface area contributed by atoms with E-state index in [1.807, 2.05) is 18.2 Å². The highest BCUT2D eigenvalue weighted by atomic mass is 35.5. The monoisotopic (exact) mass is 244 g/mol. The highest BCUT2D eigenvalue weighted by Crippen LogP contribution is 2.21. The summed E-state index contributed by atoms with van der Waals surface area (Å²) in [4.78, 5) is 1.55. The molecule has 0 spiro atoms. The third-order valence-electron chi connectivity index (χ3n) is 2.20. The molecule has 4 nitrogen and oxygen atoms in total. The van der Waals surface area contributed by atoms with Crippen molar-refractivity contribution in [3.8, 4) is 18.2 Å². The number of anilines is 1. The van der Waals surface area contributed by atoms with Crippen LogP contribution in [0.4, 0.5) is 5.69 Å². The molecule has 0 aliphatic rings. The van der Waals surface area contributed by atoms with E-state index >= 15 is 0 Å². The van der Waals surface area contributed by atoms with E-state index in [4.69, 9.17) is 27.4 Å². The van der Waals surface area contributed by atoms with E-state index in [0.717, 1.165) is 5.56 Å². The van der Waals surface area contributed by atoms with E-state index in [9.17, 15) is 0 Å². The molecule has 1 aromatic carbocycles. The molecule has 1 rings (SSSR count). The number of hydrogen-bond donors (Lipinski definition) is 0. The third kappa shape index (κ3) is 3.11. The highest BCUT2D eigenvalue weighted by molar-refractivity contribution is 6.17. The summed E-state index contributed by atoms with van der Waals surface area (Å²) in [6, 6.07) is 11.2. The number of nitrogens with zero attached hydrogens (tertiary/aromatic N) is 4. The Labute approximate surface area is 105 Å². The molecular weight excluding hydrogens is 236 g/mol. The van der Waals surface area contributed by atoms with Gasteiger partial charge in [-0.15, -0.1) is 11.6 Å². The predicted molar refractivity (Wildman–Crippen MR) is 64.2 cm³/mol. The molecule has 0 heterocycles. The van der Waals surface area contributed by atoms with Crippen LogP contribution in [0.3, 0.4) is 0 Å². The van der Waals surface area contributed by atoms with Gasteiger partial charge in [-0.05, 0) is 17.7 Å². The SMILES string of the molecule is N#CCN(CC#N)c1ccc(CCl)cc1C#N. The highest BCUT2D eigenvalue weighted by Gasteiger charge is 2.11. The van der Waals surface area contributed by atoms with Crippen LogP contribution in [0.25, 0.3) is 0 Å². The van der Waals surface area contributed by atoms with Crippen molar-refractivity contribution in [2.24, 2.45) is 0 Å². The topological polar surface area (TPSA) is 74.6 Å². The first-order valence-electron chi connectivity index (χ1n) is 4.84. The molecule has 0 saturated carbocycles. The van der Waals surface area contributed by atoms with Crippen molar-refractivity contribution in [2.75, 3.05) is 18.0 Å². The summed E-state index contributed by atoms with van der Waals surface area (Å²) in [5.74, 6) is 0.325. The fourth-order valence-corrected chi connectivity index (χ4v) is 1.59. The van der Waals surface area contributed by atoms with Crippen LogP contribution >= 0.6 is 11.6 Å². The molecule has 0 amide bonds. The van der Waals surface area contributed by atoms with Gasteiger partial charge in [-0.3, -0.25) is 0 Å². The molecule has 5 heteroatoms. The van der Waals surface area contributed by atoms with Crippen LogP contribution in [0.15, 0.2) is 18.2 Å². The van der Waals surface area contributed by atoms with Crippen molar-refractivity contribution in [1.29, 1.82) is 15.8 Å². The van der Waals surface area contributed by atoms with Crippen molar-refractivity contribution in [3.05, 3.63) is 29.3 Å². The third-order valence-corrected chi connectivity index (χ3v) is 2.51. The maximum absolute atomic E-state index is 9.04. The van der Waals surface area contributed by atoms with Crippen LogP contribution in [0, 0.1) is 34.0 Å². The second kappa shape index (κ2) is 6.38. The lowest BCUT2D eigenvalue weighted by Gasteiger charge is -2.19. The minimum absolute atomic E-state index is 0.0719. The van der Waals surface area contributed by atoms with Crippen LogP contribution in [-0.2, 0) is 5.88 Å². The van der Waals surface area contributed by atoms with Crippen LogP contribution in [0.1, 0.15) is 11.1 Å². The Hall–Kier alpha value is -2.22. The number of benzene rings is 1. The number of alkyl halides is 1. The predicted octanol–water partition coefficient (Wildman–Crippen LogP) is 2.15. The van der Waals surface area contributed by atoms with Crippen LogP contribution < -0.4 is 4.90 Å². The summed E-state index contributed by atoms with van der Waals surface area (Å²) in [6.45, 7) is 0.144. The Morgan fingerprint density at radius 1 is 1.12 bits per heavy atom. The van der Waals surface area contributed by atoms with E-state index < -0.39 is 0 Å². The summed E-state index contributed by atoms with van der Waals surface area (Å²) in [5, 5.41) is 26.4. The van der Waals surface area contributed by atoms with E-state index in [1.165, 1.54) is 0 Å². The summed E-state index contributed by atoms with van der Waals surface area (Å²) in [7, 11) is 0. The van der Waals surface area contributed by atoms with Gasteiger partial charge in [0.2, 0.25) is 0 Å². The lowest BCUT2D eigenvalue weighted by atomic mass is 10.1. The standard InChI is InChI=1S/C12H9ClN4/c13-8-10-1-2-12(11(7-10)9-16)17(5-3-14)6-4-15/h1-2,7H,5-6,8H2. The Morgan fingerprint density at radius 3 is 2.24 bits per heavy atom. The smallest absolute Gasteiger partial charge is 0.107 e. The Morgan fingerprint density at radius 2 is 1.76 bits per heavy atom. The molecule has 0 aromatic heterocycles. The zero-order valence-electron chi connectivity index (χ0n) is 9.02. The van der Waals surface area contributed by atoms with E-state index in [0.29, 0.717) is 17.1 Å². The quantitative estimate of drug-likeness (QED) is 0.601. The maximum atomic E-state index is 9.04. The van der Waals surface area contributed by atoms with Gasteiger partial charge in [0.1, 0.15) is 19.2 Å². The summed E-state index contributed by atoms with van der Waals surface area (Å²) in [5.41, 5.74) is 1.85. The van der Waals surface area contributed by atoms with Crippen LogP contribution in [0.2, 0.25) is 0 Å². The molecule has 0 atom stereocenters. The average molecular weight is 245 g/mol. The van der Waals surface area contributed by atoms with Gasteiger partial charge in [-0.2, -0.15) is 15.8 Å². The second-order valence-electron chi connectivity index (χ2n) is 3.27. The fraction of sp³-hybridized carbons (Fsp3) is 0.250. The van der Waals surface area contributed by atoms with Gasteiger partial charge in [0.05, 0.1) is 23.4 Å². The molecule has 0 aliphatic heterocycles. The Kier molecular flexibility index (Phi) is 4.82. The molecule has 0 radical (unpaired) electrons. The summed E-state index contributed by atoms with van der Waals surface area (Å²) in [6.07, 6.45) is 0. The lowest BCUT2D eigenvalue weighted by Crippen LogP contribution is -2.24. The van der Waals surface area contributed by atoms with E-state index in [1.54, 1.807) is 23.1 Å². The molecule has 1 aromatic rings. The molecule has 0 N–H and O–H groups in total. The number of halogens is 1. The largest absolute Gasteiger partial charge is 0.344 e. The second-order valence-corrected chi connectivity index (χ2v) is 3.54.